The van der Waals surface area contributed by atoms with E-state index in [-0.39, 0.29) is 0 Å². The zero-order chi connectivity index (χ0) is 14.2. The van der Waals surface area contributed by atoms with E-state index >= 15 is 0 Å². The Hall–Kier alpha value is -1.64. The maximum atomic E-state index is 8.66. The summed E-state index contributed by atoms with van der Waals surface area (Å²) >= 11 is 0. The van der Waals surface area contributed by atoms with Crippen LogP contribution in [0.4, 0.5) is 5.69 Å². The molecule has 1 aliphatic carbocycles. The van der Waals surface area contributed by atoms with Crippen LogP contribution < -0.4 is 11.1 Å². The van der Waals surface area contributed by atoms with Gasteiger partial charge in [0.15, 0.2) is 0 Å². The van der Waals surface area contributed by atoms with Gasteiger partial charge >= 0.3 is 0 Å². The third-order valence-electron chi connectivity index (χ3n) is 3.60. The quantitative estimate of drug-likeness (QED) is 0.775. The first-order valence-electron chi connectivity index (χ1n) is 7.25. The zero-order valence-electron chi connectivity index (χ0n) is 11.7. The van der Waals surface area contributed by atoms with Crippen molar-refractivity contribution in [2.24, 2.45) is 5.73 Å². The summed E-state index contributed by atoms with van der Waals surface area (Å²) in [7, 11) is 0. The summed E-state index contributed by atoms with van der Waals surface area (Å²) < 4.78 is 5.85. The van der Waals surface area contributed by atoms with Crippen molar-refractivity contribution >= 4 is 5.69 Å². The van der Waals surface area contributed by atoms with Gasteiger partial charge in [0.05, 0.1) is 18.0 Å². The van der Waals surface area contributed by atoms with Gasteiger partial charge in [-0.05, 0) is 44.2 Å². The molecule has 0 radical (unpaired) electrons. The van der Waals surface area contributed by atoms with Crippen LogP contribution in [0.5, 0.6) is 0 Å². The Bertz CT molecular complexity index is 432. The molecule has 0 unspecified atom stereocenters. The number of rotatable bonds is 6. The van der Waals surface area contributed by atoms with Gasteiger partial charge in [-0.25, -0.2) is 4.98 Å². The van der Waals surface area contributed by atoms with Crippen LogP contribution >= 0.6 is 0 Å². The number of nitriles is 1. The lowest BCUT2D eigenvalue weighted by Gasteiger charge is -2.26. The molecule has 1 aliphatic rings. The lowest BCUT2D eigenvalue weighted by atomic mass is 9.94. The van der Waals surface area contributed by atoms with Gasteiger partial charge in [-0.3, -0.25) is 0 Å². The van der Waals surface area contributed by atoms with Crippen molar-refractivity contribution in [3.63, 3.8) is 0 Å². The van der Waals surface area contributed by atoms with Gasteiger partial charge in [0, 0.05) is 19.2 Å². The van der Waals surface area contributed by atoms with Crippen LogP contribution in [0.3, 0.4) is 0 Å². The number of nitrogens with zero attached hydrogens (tertiary/aromatic N) is 2. The fraction of sp³-hybridized carbons (Fsp3) is 0.600. The molecule has 0 saturated heterocycles. The number of hydrogen-bond acceptors (Lipinski definition) is 5. The standard InChI is InChI=1S/C15H22N4O/c16-10-13-4-5-14(11-19-13)18-8-1-9-20-15-6-2-12(17)3-7-15/h4-5,11-12,15,18H,1-3,6-9,17H2. The van der Waals surface area contributed by atoms with Crippen molar-refractivity contribution in [1.29, 1.82) is 5.26 Å². The Balaban J connectivity index is 1.56. The number of hydrogen-bond donors (Lipinski definition) is 2. The highest BCUT2D eigenvalue weighted by Crippen LogP contribution is 2.19. The highest BCUT2D eigenvalue weighted by Gasteiger charge is 2.18. The largest absolute Gasteiger partial charge is 0.384 e. The first kappa shape index (κ1) is 14.8. The molecule has 2 rings (SSSR count). The normalized spacial score (nSPS) is 22.2. The summed E-state index contributed by atoms with van der Waals surface area (Å²) in [6.07, 6.45) is 7.39. The molecule has 5 nitrogen and oxygen atoms in total. The minimum Gasteiger partial charge on any atom is -0.384 e. The van der Waals surface area contributed by atoms with E-state index in [1.54, 1.807) is 12.3 Å². The molecule has 0 atom stereocenters. The van der Waals surface area contributed by atoms with E-state index in [2.05, 4.69) is 10.3 Å². The maximum Gasteiger partial charge on any atom is 0.140 e. The molecular formula is C15H22N4O. The minimum absolute atomic E-state index is 0.375. The van der Waals surface area contributed by atoms with Gasteiger partial charge in [0.2, 0.25) is 0 Å². The van der Waals surface area contributed by atoms with Crippen LogP contribution in [0, 0.1) is 11.3 Å². The lowest BCUT2D eigenvalue weighted by Crippen LogP contribution is -2.30. The van der Waals surface area contributed by atoms with E-state index in [0.29, 0.717) is 17.8 Å². The van der Waals surface area contributed by atoms with Crippen molar-refractivity contribution in [2.45, 2.75) is 44.2 Å². The van der Waals surface area contributed by atoms with Gasteiger partial charge in [-0.15, -0.1) is 0 Å². The molecule has 0 bridgehead atoms. The van der Waals surface area contributed by atoms with E-state index in [1.807, 2.05) is 12.1 Å². The number of nitrogens with two attached hydrogens (primary N) is 1. The molecule has 1 fully saturated rings. The van der Waals surface area contributed by atoms with Crippen LogP contribution in [-0.2, 0) is 4.74 Å². The summed E-state index contributed by atoms with van der Waals surface area (Å²) in [6, 6.07) is 5.96. The van der Waals surface area contributed by atoms with Crippen molar-refractivity contribution in [3.05, 3.63) is 24.0 Å². The van der Waals surface area contributed by atoms with Crippen LogP contribution in [0.15, 0.2) is 18.3 Å². The molecule has 0 aliphatic heterocycles. The average molecular weight is 274 g/mol. The summed E-state index contributed by atoms with van der Waals surface area (Å²) in [4.78, 5) is 4.01. The van der Waals surface area contributed by atoms with Gasteiger partial charge in [0.1, 0.15) is 11.8 Å². The monoisotopic (exact) mass is 274 g/mol. The van der Waals surface area contributed by atoms with Crippen LogP contribution in [0.1, 0.15) is 37.8 Å². The molecule has 0 spiro atoms. The lowest BCUT2D eigenvalue weighted by molar-refractivity contribution is 0.0251. The number of pyridine rings is 1. The van der Waals surface area contributed by atoms with Crippen LogP contribution in [-0.4, -0.2) is 30.3 Å². The second kappa shape index (κ2) is 7.83. The smallest absolute Gasteiger partial charge is 0.140 e. The second-order valence-electron chi connectivity index (χ2n) is 5.23. The highest BCUT2D eigenvalue weighted by atomic mass is 16.5. The number of ether oxygens (including phenoxy) is 1. The first-order valence-corrected chi connectivity index (χ1v) is 7.25. The van der Waals surface area contributed by atoms with E-state index in [4.69, 9.17) is 15.7 Å². The van der Waals surface area contributed by atoms with E-state index < -0.39 is 0 Å². The minimum atomic E-state index is 0.375. The Morgan fingerprint density at radius 1 is 1.35 bits per heavy atom. The topological polar surface area (TPSA) is 84.0 Å². The highest BCUT2D eigenvalue weighted by molar-refractivity contribution is 5.42. The van der Waals surface area contributed by atoms with Crippen LogP contribution in [0.2, 0.25) is 0 Å². The third kappa shape index (κ3) is 4.80. The molecule has 108 valence electrons. The van der Waals surface area contributed by atoms with Crippen LogP contribution in [0.25, 0.3) is 0 Å². The number of aromatic nitrogens is 1. The molecule has 3 N–H and O–H groups in total. The molecule has 20 heavy (non-hydrogen) atoms. The van der Waals surface area contributed by atoms with Gasteiger partial charge in [-0.2, -0.15) is 5.26 Å². The average Bonchev–Trinajstić information content (AvgIpc) is 2.49. The molecule has 1 aromatic rings. The summed E-state index contributed by atoms with van der Waals surface area (Å²) in [5.41, 5.74) is 7.24. The summed E-state index contributed by atoms with van der Waals surface area (Å²) in [5.74, 6) is 0. The molecule has 0 amide bonds. The fourth-order valence-corrected chi connectivity index (χ4v) is 2.37. The number of nitrogens with one attached hydrogen (secondary N) is 1. The molecule has 1 aromatic heterocycles. The van der Waals surface area contributed by atoms with E-state index in [1.165, 1.54) is 0 Å². The summed E-state index contributed by atoms with van der Waals surface area (Å²) in [6.45, 7) is 1.62. The van der Waals surface area contributed by atoms with Crippen molar-refractivity contribution in [3.8, 4) is 6.07 Å². The second-order valence-corrected chi connectivity index (χ2v) is 5.23. The predicted molar refractivity (Wildman–Crippen MR) is 78.2 cm³/mol. The molecule has 5 heteroatoms. The SMILES string of the molecule is N#Cc1ccc(NCCCOC2CCC(N)CC2)cn1. The van der Waals surface area contributed by atoms with Gasteiger partial charge in [0.25, 0.3) is 0 Å². The van der Waals surface area contributed by atoms with Crippen molar-refractivity contribution < 1.29 is 4.74 Å². The number of anilines is 1. The van der Waals surface area contributed by atoms with E-state index in [9.17, 15) is 0 Å². The van der Waals surface area contributed by atoms with Crippen molar-refractivity contribution in [1.82, 2.24) is 4.98 Å². The zero-order valence-corrected chi connectivity index (χ0v) is 11.7. The van der Waals surface area contributed by atoms with Gasteiger partial charge in [-0.1, -0.05) is 0 Å². The maximum absolute atomic E-state index is 8.66. The summed E-state index contributed by atoms with van der Waals surface area (Å²) in [5, 5.41) is 11.9. The predicted octanol–water partition coefficient (Wildman–Crippen LogP) is 2.04. The third-order valence-corrected chi connectivity index (χ3v) is 3.60. The molecule has 1 saturated carbocycles. The van der Waals surface area contributed by atoms with Gasteiger partial charge < -0.3 is 15.8 Å². The fourth-order valence-electron chi connectivity index (χ4n) is 2.37. The Kier molecular flexibility index (Phi) is 5.78. The van der Waals surface area contributed by atoms with Crippen molar-refractivity contribution in [2.75, 3.05) is 18.5 Å². The molecule has 1 heterocycles. The molecule has 0 aromatic carbocycles. The van der Waals surface area contributed by atoms with E-state index in [0.717, 1.165) is 50.9 Å². The molecular weight excluding hydrogens is 252 g/mol. The Morgan fingerprint density at radius 2 is 2.15 bits per heavy atom. The Morgan fingerprint density at radius 3 is 2.80 bits per heavy atom. The first-order chi connectivity index (χ1) is 9.78. The Labute approximate surface area is 120 Å².